The van der Waals surface area contributed by atoms with E-state index in [1.165, 1.54) is 11.6 Å². The number of hydrogen-bond donors (Lipinski definition) is 0. The molecule has 36 heavy (non-hydrogen) atoms. The molecule has 0 bridgehead atoms. The summed E-state index contributed by atoms with van der Waals surface area (Å²) in [6, 6.07) is 18.0. The first-order chi connectivity index (χ1) is 17.3. The van der Waals surface area contributed by atoms with Gasteiger partial charge in [0.25, 0.3) is 0 Å². The number of halogens is 5. The molecule has 0 saturated heterocycles. The van der Waals surface area contributed by atoms with Gasteiger partial charge in [0.05, 0.1) is 21.2 Å². The van der Waals surface area contributed by atoms with Crippen molar-refractivity contribution in [3.63, 3.8) is 0 Å². The van der Waals surface area contributed by atoms with E-state index in [1.807, 2.05) is 30.3 Å². The number of benzene rings is 3. The number of aryl methyl sites for hydroxylation is 2. The van der Waals surface area contributed by atoms with Crippen LogP contribution in [0.3, 0.4) is 0 Å². The molecule has 0 radical (unpaired) electrons. The topological polar surface area (TPSA) is 44.1 Å². The average Bonchev–Trinajstić information content (AvgIpc) is 3.19. The molecule has 3 aromatic carbocycles. The van der Waals surface area contributed by atoms with Gasteiger partial charge >= 0.3 is 5.97 Å². The SMILES string of the molecule is Cc1nn(-c2ccccc2)c(OC(=O)CCCc2ccccc2)c1Sc1c(F)c(F)c(F)c(F)c1F. The zero-order valence-electron chi connectivity index (χ0n) is 18.9. The Balaban J connectivity index is 1.67. The van der Waals surface area contributed by atoms with E-state index in [4.69, 9.17) is 4.74 Å². The van der Waals surface area contributed by atoms with Gasteiger partial charge in [0.15, 0.2) is 23.3 Å². The first-order valence-electron chi connectivity index (χ1n) is 10.9. The molecular weight excluding hydrogens is 499 g/mol. The molecule has 10 heteroatoms. The summed E-state index contributed by atoms with van der Waals surface area (Å²) in [5, 5.41) is 4.29. The van der Waals surface area contributed by atoms with E-state index in [-0.39, 0.29) is 34.7 Å². The zero-order valence-corrected chi connectivity index (χ0v) is 19.7. The van der Waals surface area contributed by atoms with Crippen LogP contribution in [0.2, 0.25) is 0 Å². The molecule has 1 aromatic heterocycles. The molecule has 0 unspecified atom stereocenters. The second-order valence-electron chi connectivity index (χ2n) is 7.78. The monoisotopic (exact) mass is 518 g/mol. The Morgan fingerprint density at radius 2 is 1.39 bits per heavy atom. The van der Waals surface area contributed by atoms with Crippen molar-refractivity contribution in [3.05, 3.63) is 101 Å². The highest BCUT2D eigenvalue weighted by molar-refractivity contribution is 7.99. The Kier molecular flexibility index (Phi) is 7.73. The van der Waals surface area contributed by atoms with Gasteiger partial charge in [-0.2, -0.15) is 9.78 Å². The van der Waals surface area contributed by atoms with Crippen molar-refractivity contribution in [2.75, 3.05) is 0 Å². The Hall–Kier alpha value is -3.66. The molecule has 0 saturated carbocycles. The number of nitrogens with zero attached hydrogens (tertiary/aromatic N) is 2. The maximum atomic E-state index is 14.4. The summed E-state index contributed by atoms with van der Waals surface area (Å²) in [5.74, 6) is -11.2. The van der Waals surface area contributed by atoms with Gasteiger partial charge in [0, 0.05) is 6.42 Å². The molecule has 0 aliphatic heterocycles. The third-order valence-corrected chi connectivity index (χ3v) is 6.48. The van der Waals surface area contributed by atoms with E-state index < -0.39 is 40.0 Å². The number of esters is 1. The molecule has 0 amide bonds. The summed E-state index contributed by atoms with van der Waals surface area (Å²) in [6.07, 6.45) is 1.13. The number of ether oxygens (including phenoxy) is 1. The van der Waals surface area contributed by atoms with Gasteiger partial charge < -0.3 is 4.74 Å². The Morgan fingerprint density at radius 1 is 0.833 bits per heavy atom. The predicted octanol–water partition coefficient (Wildman–Crippen LogP) is 6.96. The fraction of sp³-hybridized carbons (Fsp3) is 0.154. The lowest BCUT2D eigenvalue weighted by Crippen LogP contribution is -2.12. The molecule has 1 heterocycles. The quantitative estimate of drug-likeness (QED) is 0.110. The molecule has 0 aliphatic carbocycles. The fourth-order valence-corrected chi connectivity index (χ4v) is 4.43. The fourth-order valence-electron chi connectivity index (χ4n) is 3.46. The summed E-state index contributed by atoms with van der Waals surface area (Å²) in [6.45, 7) is 1.47. The number of para-hydroxylation sites is 1. The van der Waals surface area contributed by atoms with Gasteiger partial charge in [0.1, 0.15) is 0 Å². The van der Waals surface area contributed by atoms with Crippen LogP contribution in [0.5, 0.6) is 5.88 Å². The molecule has 0 N–H and O–H groups in total. The second kappa shape index (κ2) is 10.9. The largest absolute Gasteiger partial charge is 0.406 e. The number of carbonyl (C=O) groups is 1. The van der Waals surface area contributed by atoms with Gasteiger partial charge in [-0.1, -0.05) is 60.3 Å². The summed E-state index contributed by atoms with van der Waals surface area (Å²) in [7, 11) is 0. The van der Waals surface area contributed by atoms with Crippen LogP contribution in [0.25, 0.3) is 5.69 Å². The Labute approximate surface area is 207 Å². The summed E-state index contributed by atoms with van der Waals surface area (Å²) in [4.78, 5) is 11.5. The van der Waals surface area contributed by atoms with Crippen LogP contribution in [0, 0.1) is 36.0 Å². The van der Waals surface area contributed by atoms with E-state index in [0.29, 0.717) is 18.5 Å². The van der Waals surface area contributed by atoms with Gasteiger partial charge in [-0.05, 0) is 37.5 Å². The molecular formula is C26H19F5N2O2S. The van der Waals surface area contributed by atoms with Crippen molar-refractivity contribution < 1.29 is 31.5 Å². The first-order valence-corrected chi connectivity index (χ1v) is 11.7. The molecule has 4 aromatic rings. The molecule has 186 valence electrons. The highest BCUT2D eigenvalue weighted by Gasteiger charge is 2.30. The van der Waals surface area contributed by atoms with E-state index in [2.05, 4.69) is 5.10 Å². The van der Waals surface area contributed by atoms with Crippen molar-refractivity contribution in [1.82, 2.24) is 9.78 Å². The molecule has 4 rings (SSSR count). The van der Waals surface area contributed by atoms with Crippen LogP contribution in [-0.4, -0.2) is 15.7 Å². The second-order valence-corrected chi connectivity index (χ2v) is 8.80. The maximum absolute atomic E-state index is 14.4. The Morgan fingerprint density at radius 3 is 2.00 bits per heavy atom. The third kappa shape index (κ3) is 5.28. The summed E-state index contributed by atoms with van der Waals surface area (Å²) < 4.78 is 76.7. The minimum absolute atomic E-state index is 0.0283. The van der Waals surface area contributed by atoms with Crippen molar-refractivity contribution in [3.8, 4) is 11.6 Å². The van der Waals surface area contributed by atoms with Crippen molar-refractivity contribution in [2.45, 2.75) is 36.0 Å². The van der Waals surface area contributed by atoms with Crippen molar-refractivity contribution in [2.24, 2.45) is 0 Å². The molecule has 0 fully saturated rings. The standard InChI is InChI=1S/C26H19F5N2O2S/c1-15-24(36-25-22(30)20(28)19(27)21(29)23(25)31)26(33(32-15)17-12-6-3-7-13-17)35-18(34)14-8-11-16-9-4-2-5-10-16/h2-7,9-10,12-13H,8,11,14H2,1H3. The highest BCUT2D eigenvalue weighted by atomic mass is 32.2. The van der Waals surface area contributed by atoms with Crippen LogP contribution in [0.15, 0.2) is 70.5 Å². The molecule has 0 atom stereocenters. The van der Waals surface area contributed by atoms with Gasteiger partial charge in [-0.25, -0.2) is 22.0 Å². The minimum atomic E-state index is -2.25. The van der Waals surface area contributed by atoms with E-state index in [0.717, 1.165) is 5.56 Å². The Bertz CT molecular complexity index is 1370. The van der Waals surface area contributed by atoms with Crippen LogP contribution < -0.4 is 4.74 Å². The smallest absolute Gasteiger partial charge is 0.312 e. The molecule has 4 nitrogen and oxygen atoms in total. The summed E-state index contributed by atoms with van der Waals surface area (Å²) >= 11 is 0.252. The lowest BCUT2D eigenvalue weighted by Gasteiger charge is -2.11. The van der Waals surface area contributed by atoms with Gasteiger partial charge in [-0.15, -0.1) is 0 Å². The number of carbonyl (C=O) groups excluding carboxylic acids is 1. The lowest BCUT2D eigenvalue weighted by atomic mass is 10.1. The number of hydrogen-bond acceptors (Lipinski definition) is 4. The predicted molar refractivity (Wildman–Crippen MR) is 124 cm³/mol. The zero-order chi connectivity index (χ0) is 25.8. The number of aromatic nitrogens is 2. The molecule has 0 aliphatic rings. The van der Waals surface area contributed by atoms with E-state index >= 15 is 0 Å². The van der Waals surface area contributed by atoms with E-state index in [9.17, 15) is 26.7 Å². The van der Waals surface area contributed by atoms with Crippen LogP contribution in [-0.2, 0) is 11.2 Å². The van der Waals surface area contributed by atoms with Crippen molar-refractivity contribution >= 4 is 17.7 Å². The third-order valence-electron chi connectivity index (χ3n) is 5.24. The first kappa shape index (κ1) is 25.4. The number of rotatable bonds is 8. The average molecular weight is 519 g/mol. The normalized spacial score (nSPS) is 11.1. The van der Waals surface area contributed by atoms with Crippen molar-refractivity contribution in [1.29, 1.82) is 0 Å². The highest BCUT2D eigenvalue weighted by Crippen LogP contribution is 2.42. The van der Waals surface area contributed by atoms with Gasteiger partial charge in [-0.3, -0.25) is 4.79 Å². The molecule has 0 spiro atoms. The van der Waals surface area contributed by atoms with Crippen LogP contribution in [0.1, 0.15) is 24.1 Å². The van der Waals surface area contributed by atoms with Gasteiger partial charge in [0.2, 0.25) is 11.7 Å². The maximum Gasteiger partial charge on any atom is 0.312 e. The van der Waals surface area contributed by atoms with Crippen LogP contribution in [0.4, 0.5) is 22.0 Å². The van der Waals surface area contributed by atoms with Crippen LogP contribution >= 0.6 is 11.8 Å². The minimum Gasteiger partial charge on any atom is -0.406 e. The lowest BCUT2D eigenvalue weighted by molar-refractivity contribution is -0.135. The van der Waals surface area contributed by atoms with E-state index in [1.54, 1.807) is 30.3 Å². The summed E-state index contributed by atoms with van der Waals surface area (Å²) in [5.41, 5.74) is 1.68.